The van der Waals surface area contributed by atoms with E-state index in [9.17, 15) is 4.79 Å². The van der Waals surface area contributed by atoms with Gasteiger partial charge in [-0.05, 0) is 49.8 Å². The van der Waals surface area contributed by atoms with E-state index in [1.165, 1.54) is 36.0 Å². The second-order valence-electron chi connectivity index (χ2n) is 5.39. The number of rotatable bonds is 5. The first kappa shape index (κ1) is 14.1. The van der Waals surface area contributed by atoms with Crippen molar-refractivity contribution in [3.63, 3.8) is 0 Å². The monoisotopic (exact) mass is 260 g/mol. The van der Waals surface area contributed by atoms with E-state index in [0.29, 0.717) is 6.54 Å². The Morgan fingerprint density at radius 3 is 2.84 bits per heavy atom. The molecule has 0 heterocycles. The van der Waals surface area contributed by atoms with Gasteiger partial charge in [0, 0.05) is 19.6 Å². The van der Waals surface area contributed by atoms with Crippen LogP contribution in [0.15, 0.2) is 18.2 Å². The minimum Gasteiger partial charge on any atom is -0.345 e. The predicted molar refractivity (Wildman–Crippen MR) is 78.2 cm³/mol. The zero-order valence-corrected chi connectivity index (χ0v) is 12.2. The lowest BCUT2D eigenvalue weighted by Crippen LogP contribution is -2.36. The second kappa shape index (κ2) is 6.20. The highest BCUT2D eigenvalue weighted by Gasteiger charge is 2.14. The smallest absolute Gasteiger partial charge is 0.236 e. The van der Waals surface area contributed by atoms with Gasteiger partial charge in [0.2, 0.25) is 5.91 Å². The number of amides is 1. The van der Waals surface area contributed by atoms with Gasteiger partial charge in [0.1, 0.15) is 0 Å². The maximum Gasteiger partial charge on any atom is 0.236 e. The summed E-state index contributed by atoms with van der Waals surface area (Å²) in [5.41, 5.74) is 4.27. The number of carbonyl (C=O) groups excluding carboxylic acids is 1. The van der Waals surface area contributed by atoms with Gasteiger partial charge in [-0.1, -0.05) is 18.2 Å². The van der Waals surface area contributed by atoms with Gasteiger partial charge in [-0.3, -0.25) is 4.79 Å². The van der Waals surface area contributed by atoms with Gasteiger partial charge in [0.05, 0.1) is 6.54 Å². The fourth-order valence-corrected chi connectivity index (χ4v) is 2.53. The number of benzene rings is 1. The number of carbonyl (C=O) groups is 1. The summed E-state index contributed by atoms with van der Waals surface area (Å²) in [5.74, 6) is 0.149. The number of fused-ring (bicyclic) bond motifs is 1. The molecular weight excluding hydrogens is 236 g/mol. The molecule has 1 aromatic carbocycles. The first-order valence-corrected chi connectivity index (χ1v) is 7.21. The van der Waals surface area contributed by atoms with E-state index < -0.39 is 0 Å². The van der Waals surface area contributed by atoms with E-state index in [1.54, 1.807) is 4.90 Å². The Morgan fingerprint density at radius 1 is 1.37 bits per heavy atom. The van der Waals surface area contributed by atoms with E-state index in [0.717, 1.165) is 6.54 Å². The van der Waals surface area contributed by atoms with Crippen LogP contribution in [-0.4, -0.2) is 30.9 Å². The Bertz CT molecular complexity index is 456. The Labute approximate surface area is 116 Å². The third kappa shape index (κ3) is 3.35. The summed E-state index contributed by atoms with van der Waals surface area (Å²) in [6.07, 6.45) is 3.70. The van der Waals surface area contributed by atoms with Crippen LogP contribution in [0, 0.1) is 0 Å². The highest BCUT2D eigenvalue weighted by atomic mass is 16.2. The van der Waals surface area contributed by atoms with Gasteiger partial charge in [-0.25, -0.2) is 0 Å². The van der Waals surface area contributed by atoms with Gasteiger partial charge in [0.25, 0.3) is 0 Å². The van der Waals surface area contributed by atoms with E-state index in [1.807, 2.05) is 14.0 Å². The Kier molecular flexibility index (Phi) is 4.59. The van der Waals surface area contributed by atoms with Gasteiger partial charge in [-0.15, -0.1) is 0 Å². The van der Waals surface area contributed by atoms with Crippen molar-refractivity contribution in [2.75, 3.05) is 20.1 Å². The van der Waals surface area contributed by atoms with Gasteiger partial charge in [-0.2, -0.15) is 0 Å². The maximum atomic E-state index is 11.8. The summed E-state index contributed by atoms with van der Waals surface area (Å²) in [6, 6.07) is 6.96. The van der Waals surface area contributed by atoms with Crippen LogP contribution in [0.5, 0.6) is 0 Å². The average molecular weight is 260 g/mol. The Balaban J connectivity index is 1.93. The highest BCUT2D eigenvalue weighted by Crippen LogP contribution is 2.25. The molecule has 0 aliphatic heterocycles. The van der Waals surface area contributed by atoms with E-state index in [2.05, 4.69) is 30.4 Å². The van der Waals surface area contributed by atoms with Crippen molar-refractivity contribution >= 4 is 5.91 Å². The molecule has 3 nitrogen and oxygen atoms in total. The lowest BCUT2D eigenvalue weighted by atomic mass is 10.0. The standard InChI is InChI=1S/C16H24N2O/c1-4-18(3)16(19)11-17-12(2)14-9-8-13-6-5-7-15(13)10-14/h8-10,12,17H,4-7,11H2,1-3H3. The lowest BCUT2D eigenvalue weighted by molar-refractivity contribution is -0.128. The van der Waals surface area contributed by atoms with Crippen LogP contribution in [0.25, 0.3) is 0 Å². The Hall–Kier alpha value is -1.35. The summed E-state index contributed by atoms with van der Waals surface area (Å²) in [4.78, 5) is 13.5. The van der Waals surface area contributed by atoms with Crippen LogP contribution < -0.4 is 5.32 Å². The molecule has 1 N–H and O–H groups in total. The molecule has 0 spiro atoms. The molecule has 1 aliphatic carbocycles. The summed E-state index contributed by atoms with van der Waals surface area (Å²) in [5, 5.41) is 3.31. The molecule has 0 aromatic heterocycles. The minimum absolute atomic E-state index is 0.149. The van der Waals surface area contributed by atoms with Crippen molar-refractivity contribution in [2.45, 2.75) is 39.2 Å². The van der Waals surface area contributed by atoms with E-state index in [-0.39, 0.29) is 11.9 Å². The fourth-order valence-electron chi connectivity index (χ4n) is 2.53. The molecular formula is C16H24N2O. The number of hydrogen-bond acceptors (Lipinski definition) is 2. The average Bonchev–Trinajstić information content (AvgIpc) is 2.90. The molecule has 0 radical (unpaired) electrons. The molecule has 0 fully saturated rings. The van der Waals surface area contributed by atoms with Crippen LogP contribution in [0.2, 0.25) is 0 Å². The fraction of sp³-hybridized carbons (Fsp3) is 0.562. The van der Waals surface area contributed by atoms with Crippen LogP contribution in [-0.2, 0) is 17.6 Å². The predicted octanol–water partition coefficient (Wildman–Crippen LogP) is 2.30. The molecule has 104 valence electrons. The largest absolute Gasteiger partial charge is 0.345 e. The molecule has 2 rings (SSSR count). The van der Waals surface area contributed by atoms with E-state index >= 15 is 0 Å². The molecule has 1 aromatic rings. The first-order valence-electron chi connectivity index (χ1n) is 7.21. The Morgan fingerprint density at radius 2 is 2.11 bits per heavy atom. The molecule has 19 heavy (non-hydrogen) atoms. The van der Waals surface area contributed by atoms with Crippen molar-refractivity contribution in [3.05, 3.63) is 34.9 Å². The number of hydrogen-bond donors (Lipinski definition) is 1. The number of nitrogens with one attached hydrogen (secondary N) is 1. The molecule has 0 saturated carbocycles. The molecule has 1 amide bonds. The summed E-state index contributed by atoms with van der Waals surface area (Å²) in [6.45, 7) is 5.27. The van der Waals surface area contributed by atoms with E-state index in [4.69, 9.17) is 0 Å². The normalized spacial score (nSPS) is 15.1. The zero-order valence-electron chi connectivity index (χ0n) is 12.2. The molecule has 1 atom stereocenters. The highest BCUT2D eigenvalue weighted by molar-refractivity contribution is 5.77. The van der Waals surface area contributed by atoms with Crippen molar-refractivity contribution in [2.24, 2.45) is 0 Å². The SMILES string of the molecule is CCN(C)C(=O)CNC(C)c1ccc2c(c1)CCC2. The van der Waals surface area contributed by atoms with Crippen LogP contribution in [0.4, 0.5) is 0 Å². The third-order valence-corrected chi connectivity index (χ3v) is 4.08. The minimum atomic E-state index is 0.149. The molecule has 3 heteroatoms. The van der Waals surface area contributed by atoms with Crippen LogP contribution in [0.3, 0.4) is 0 Å². The second-order valence-corrected chi connectivity index (χ2v) is 5.39. The molecule has 1 aliphatic rings. The molecule has 0 saturated heterocycles. The summed E-state index contributed by atoms with van der Waals surface area (Å²) < 4.78 is 0. The van der Waals surface area contributed by atoms with Crippen LogP contribution in [0.1, 0.15) is 43.0 Å². The van der Waals surface area contributed by atoms with Crippen molar-refractivity contribution in [1.82, 2.24) is 10.2 Å². The number of nitrogens with zero attached hydrogens (tertiary/aromatic N) is 1. The van der Waals surface area contributed by atoms with Gasteiger partial charge < -0.3 is 10.2 Å². The van der Waals surface area contributed by atoms with Crippen molar-refractivity contribution in [3.8, 4) is 0 Å². The first-order chi connectivity index (χ1) is 9.11. The molecule has 0 bridgehead atoms. The van der Waals surface area contributed by atoms with Gasteiger partial charge in [0.15, 0.2) is 0 Å². The molecule has 1 unspecified atom stereocenters. The maximum absolute atomic E-state index is 11.8. The number of likely N-dealkylation sites (N-methyl/N-ethyl adjacent to an activating group) is 1. The van der Waals surface area contributed by atoms with Crippen molar-refractivity contribution in [1.29, 1.82) is 0 Å². The van der Waals surface area contributed by atoms with Crippen LogP contribution >= 0.6 is 0 Å². The zero-order chi connectivity index (χ0) is 13.8. The third-order valence-electron chi connectivity index (χ3n) is 4.08. The van der Waals surface area contributed by atoms with Gasteiger partial charge >= 0.3 is 0 Å². The lowest BCUT2D eigenvalue weighted by Gasteiger charge is -2.19. The summed E-state index contributed by atoms with van der Waals surface area (Å²) in [7, 11) is 1.84. The van der Waals surface area contributed by atoms with Crippen molar-refractivity contribution < 1.29 is 4.79 Å². The summed E-state index contributed by atoms with van der Waals surface area (Å²) >= 11 is 0. The number of aryl methyl sites for hydroxylation is 2. The quantitative estimate of drug-likeness (QED) is 0.881. The topological polar surface area (TPSA) is 32.3 Å².